The van der Waals surface area contributed by atoms with E-state index < -0.39 is 5.41 Å². The number of hydrogen-bond donors (Lipinski definition) is 1. The highest BCUT2D eigenvalue weighted by Gasteiger charge is 2.22. The molecule has 0 aliphatic heterocycles. The van der Waals surface area contributed by atoms with E-state index in [2.05, 4.69) is 15.5 Å². The first-order valence-corrected chi connectivity index (χ1v) is 11.9. The summed E-state index contributed by atoms with van der Waals surface area (Å²) in [5.74, 6) is 1.49. The van der Waals surface area contributed by atoms with E-state index in [1.165, 1.54) is 11.8 Å². The van der Waals surface area contributed by atoms with E-state index in [0.29, 0.717) is 22.2 Å². The number of amides is 1. The van der Waals surface area contributed by atoms with Crippen LogP contribution in [0.15, 0.2) is 76.5 Å². The zero-order valence-corrected chi connectivity index (χ0v) is 20.3. The normalized spacial score (nSPS) is 11.4. The zero-order chi connectivity index (χ0) is 24.3. The molecule has 1 N–H and O–H groups in total. The third-order valence-corrected chi connectivity index (χ3v) is 6.15. The summed E-state index contributed by atoms with van der Waals surface area (Å²) in [6, 6.07) is 18.6. The highest BCUT2D eigenvalue weighted by Crippen LogP contribution is 2.30. The van der Waals surface area contributed by atoms with Gasteiger partial charge in [-0.25, -0.2) is 0 Å². The van der Waals surface area contributed by atoms with Gasteiger partial charge in [0.1, 0.15) is 5.76 Å². The van der Waals surface area contributed by atoms with E-state index in [9.17, 15) is 9.59 Å². The van der Waals surface area contributed by atoms with Crippen molar-refractivity contribution in [2.45, 2.75) is 32.9 Å². The quantitative estimate of drug-likeness (QED) is 0.269. The molecular weight excluding hydrogens is 448 g/mol. The van der Waals surface area contributed by atoms with Gasteiger partial charge in [0.25, 0.3) is 0 Å². The van der Waals surface area contributed by atoms with E-state index >= 15 is 0 Å². The maximum atomic E-state index is 12.9. The number of para-hydroxylation sites is 1. The molecule has 174 valence electrons. The number of thioether (sulfide) groups is 1. The molecule has 0 bridgehead atoms. The Morgan fingerprint density at radius 1 is 1.00 bits per heavy atom. The van der Waals surface area contributed by atoms with Gasteiger partial charge in [0.2, 0.25) is 5.91 Å². The first-order chi connectivity index (χ1) is 16.2. The average molecular weight is 475 g/mol. The van der Waals surface area contributed by atoms with Gasteiger partial charge in [-0.2, -0.15) is 0 Å². The van der Waals surface area contributed by atoms with E-state index in [-0.39, 0.29) is 17.4 Å². The number of aryl methyl sites for hydroxylation is 1. The van der Waals surface area contributed by atoms with E-state index in [0.717, 1.165) is 17.0 Å². The Balaban J connectivity index is 1.52. The molecular formula is C26H26N4O3S. The summed E-state index contributed by atoms with van der Waals surface area (Å²) in [5.41, 5.74) is 2.48. The van der Waals surface area contributed by atoms with Crippen LogP contribution in [0.4, 0.5) is 5.69 Å². The molecule has 0 atom stereocenters. The lowest BCUT2D eigenvalue weighted by molar-refractivity contribution is -0.123. The number of ketones is 1. The van der Waals surface area contributed by atoms with Crippen LogP contribution in [0.3, 0.4) is 0 Å². The number of benzene rings is 2. The van der Waals surface area contributed by atoms with Crippen molar-refractivity contribution in [2.24, 2.45) is 5.41 Å². The van der Waals surface area contributed by atoms with Gasteiger partial charge in [-0.3, -0.25) is 14.2 Å². The van der Waals surface area contributed by atoms with E-state index in [4.69, 9.17) is 4.42 Å². The van der Waals surface area contributed by atoms with Gasteiger partial charge in [0, 0.05) is 22.4 Å². The number of nitrogens with one attached hydrogen (secondary N) is 1. The fourth-order valence-corrected chi connectivity index (χ4v) is 4.08. The molecule has 4 rings (SSSR count). The Kier molecular flexibility index (Phi) is 6.70. The zero-order valence-electron chi connectivity index (χ0n) is 19.5. The molecule has 8 heteroatoms. The molecule has 34 heavy (non-hydrogen) atoms. The molecule has 0 radical (unpaired) electrons. The molecule has 2 aromatic heterocycles. The molecule has 2 heterocycles. The predicted octanol–water partition coefficient (Wildman–Crippen LogP) is 5.80. The number of hydrogen-bond acceptors (Lipinski definition) is 6. The number of rotatable bonds is 7. The van der Waals surface area contributed by atoms with Crippen molar-refractivity contribution >= 4 is 29.1 Å². The molecule has 7 nitrogen and oxygen atoms in total. The molecule has 0 aliphatic rings. The minimum atomic E-state index is -0.492. The van der Waals surface area contributed by atoms with Crippen LogP contribution in [0.5, 0.6) is 0 Å². The topological polar surface area (TPSA) is 90.0 Å². The molecule has 0 aliphatic carbocycles. The van der Waals surface area contributed by atoms with Gasteiger partial charge in [0.05, 0.1) is 17.6 Å². The summed E-state index contributed by atoms with van der Waals surface area (Å²) in [6.45, 7) is 7.43. The highest BCUT2D eigenvalue weighted by molar-refractivity contribution is 7.99. The maximum Gasteiger partial charge on any atom is 0.229 e. The molecule has 0 spiro atoms. The molecule has 4 aromatic rings. The summed E-state index contributed by atoms with van der Waals surface area (Å²) < 4.78 is 7.39. The third-order valence-electron chi connectivity index (χ3n) is 5.23. The van der Waals surface area contributed by atoms with E-state index in [1.54, 1.807) is 30.5 Å². The van der Waals surface area contributed by atoms with Crippen LogP contribution >= 0.6 is 11.8 Å². The molecule has 2 aromatic carbocycles. The van der Waals surface area contributed by atoms with Crippen molar-refractivity contribution < 1.29 is 14.0 Å². The average Bonchev–Trinajstić information content (AvgIpc) is 3.43. The first-order valence-electron chi connectivity index (χ1n) is 10.9. The lowest BCUT2D eigenvalue weighted by atomic mass is 9.95. The number of aromatic nitrogens is 3. The minimum Gasteiger partial charge on any atom is -0.469 e. The second-order valence-corrected chi connectivity index (χ2v) is 9.80. The summed E-state index contributed by atoms with van der Waals surface area (Å²) >= 11 is 1.33. The van der Waals surface area contributed by atoms with Crippen LogP contribution in [0.1, 0.15) is 36.9 Å². The lowest BCUT2D eigenvalue weighted by Crippen LogP contribution is -2.27. The molecule has 0 unspecified atom stereocenters. The standard InChI is InChI=1S/C26H26N4O3S/c1-17-21(14-15-33-17)23-28-29-25(30(23)20-8-6-5-7-9-20)34-16-22(31)18-10-12-19(13-11-18)27-24(32)26(2,3)4/h5-15H,16H2,1-4H3,(H,27,32). The summed E-state index contributed by atoms with van der Waals surface area (Å²) in [4.78, 5) is 25.0. The van der Waals surface area contributed by atoms with Crippen LogP contribution in [-0.4, -0.2) is 32.2 Å². The van der Waals surface area contributed by atoms with Gasteiger partial charge in [-0.1, -0.05) is 50.7 Å². The Hall–Kier alpha value is -3.65. The van der Waals surface area contributed by atoms with Crippen molar-refractivity contribution in [2.75, 3.05) is 11.1 Å². The van der Waals surface area contributed by atoms with Crippen LogP contribution in [0, 0.1) is 12.3 Å². The molecule has 0 saturated carbocycles. The summed E-state index contributed by atoms with van der Waals surface area (Å²) in [5, 5.41) is 12.2. The molecule has 0 saturated heterocycles. The van der Waals surface area contributed by atoms with Crippen LogP contribution < -0.4 is 5.32 Å². The fourth-order valence-electron chi connectivity index (χ4n) is 3.24. The fraction of sp³-hybridized carbons (Fsp3) is 0.231. The van der Waals surface area contributed by atoms with Gasteiger partial charge in [-0.05, 0) is 49.4 Å². The predicted molar refractivity (Wildman–Crippen MR) is 133 cm³/mol. The molecule has 0 fully saturated rings. The van der Waals surface area contributed by atoms with E-state index in [1.807, 2.05) is 68.7 Å². The van der Waals surface area contributed by atoms with Crippen molar-refractivity contribution in [3.63, 3.8) is 0 Å². The SMILES string of the molecule is Cc1occc1-c1nnc(SCC(=O)c2ccc(NC(=O)C(C)(C)C)cc2)n1-c1ccccc1. The van der Waals surface area contributed by atoms with Crippen molar-refractivity contribution in [1.82, 2.24) is 14.8 Å². The van der Waals surface area contributed by atoms with Crippen LogP contribution in [0.2, 0.25) is 0 Å². The second-order valence-electron chi connectivity index (χ2n) is 8.86. The number of anilines is 1. The number of carbonyl (C=O) groups is 2. The largest absolute Gasteiger partial charge is 0.469 e. The first kappa shape index (κ1) is 23.5. The van der Waals surface area contributed by atoms with Gasteiger partial charge < -0.3 is 9.73 Å². The van der Waals surface area contributed by atoms with Crippen molar-refractivity contribution in [3.05, 3.63) is 78.3 Å². The summed E-state index contributed by atoms with van der Waals surface area (Å²) in [7, 11) is 0. The highest BCUT2D eigenvalue weighted by atomic mass is 32.2. The second kappa shape index (κ2) is 9.69. The number of Topliss-reactive ketones (excluding diaryl/α,β-unsaturated/α-hetero) is 1. The third kappa shape index (κ3) is 5.12. The number of furan rings is 1. The Bertz CT molecular complexity index is 1300. The summed E-state index contributed by atoms with van der Waals surface area (Å²) in [6.07, 6.45) is 1.62. The molecule has 1 amide bonds. The van der Waals surface area contributed by atoms with Crippen LogP contribution in [0.25, 0.3) is 17.1 Å². The monoisotopic (exact) mass is 474 g/mol. The van der Waals surface area contributed by atoms with Crippen molar-refractivity contribution in [1.29, 1.82) is 0 Å². The van der Waals surface area contributed by atoms with Gasteiger partial charge >= 0.3 is 0 Å². The Labute approximate surface area is 202 Å². The van der Waals surface area contributed by atoms with Crippen LogP contribution in [-0.2, 0) is 4.79 Å². The number of nitrogens with zero attached hydrogens (tertiary/aromatic N) is 3. The van der Waals surface area contributed by atoms with Crippen molar-refractivity contribution in [3.8, 4) is 17.1 Å². The Morgan fingerprint density at radius 3 is 2.32 bits per heavy atom. The smallest absolute Gasteiger partial charge is 0.229 e. The Morgan fingerprint density at radius 2 is 1.71 bits per heavy atom. The maximum absolute atomic E-state index is 12.9. The van der Waals surface area contributed by atoms with Gasteiger partial charge in [0.15, 0.2) is 16.8 Å². The van der Waals surface area contributed by atoms with Gasteiger partial charge in [-0.15, -0.1) is 10.2 Å². The lowest BCUT2D eigenvalue weighted by Gasteiger charge is -2.17. The minimum absolute atomic E-state index is 0.0395. The number of carbonyl (C=O) groups excluding carboxylic acids is 2.